The summed E-state index contributed by atoms with van der Waals surface area (Å²) >= 11 is 5.81. The fourth-order valence-corrected chi connectivity index (χ4v) is 3.27. The van der Waals surface area contributed by atoms with Crippen LogP contribution < -0.4 is 5.32 Å². The van der Waals surface area contributed by atoms with E-state index in [2.05, 4.69) is 62.0 Å². The van der Waals surface area contributed by atoms with Gasteiger partial charge < -0.3 is 10.4 Å². The first-order valence-electron chi connectivity index (χ1n) is 6.52. The molecule has 1 atom stereocenters. The van der Waals surface area contributed by atoms with Gasteiger partial charge in [0.25, 0.3) is 0 Å². The van der Waals surface area contributed by atoms with Crippen molar-refractivity contribution in [2.75, 3.05) is 11.9 Å². The molecule has 2 rings (SSSR count). The fraction of sp³-hybridized carbons (Fsp3) is 0.571. The van der Waals surface area contributed by atoms with Crippen molar-refractivity contribution in [3.8, 4) is 0 Å². The van der Waals surface area contributed by atoms with Gasteiger partial charge >= 0.3 is 0 Å². The zero-order chi connectivity index (χ0) is 13.0. The summed E-state index contributed by atoms with van der Waals surface area (Å²) in [7, 11) is 0. The first-order chi connectivity index (χ1) is 8.65. The number of aliphatic hydroxyl groups excluding tert-OH is 1. The molecule has 0 radical (unpaired) electrons. The van der Waals surface area contributed by atoms with Gasteiger partial charge in [-0.2, -0.15) is 0 Å². The Balaban J connectivity index is 1.77. The Morgan fingerprint density at radius 1 is 1.39 bits per heavy atom. The zero-order valence-electron chi connectivity index (χ0n) is 10.3. The van der Waals surface area contributed by atoms with Crippen molar-refractivity contribution in [3.05, 3.63) is 26.2 Å². The van der Waals surface area contributed by atoms with Crippen molar-refractivity contribution in [1.82, 2.24) is 0 Å². The molecule has 18 heavy (non-hydrogen) atoms. The van der Waals surface area contributed by atoms with Crippen LogP contribution in [0.4, 0.5) is 5.69 Å². The maximum atomic E-state index is 10.0. The minimum Gasteiger partial charge on any atom is -0.391 e. The lowest BCUT2D eigenvalue weighted by Crippen LogP contribution is -2.22. The number of hydrogen-bond acceptors (Lipinski definition) is 2. The monoisotopic (exact) mass is 423 g/mol. The Kier molecular flexibility index (Phi) is 5.76. The van der Waals surface area contributed by atoms with E-state index in [9.17, 15) is 5.11 Å². The predicted octanol–water partition coefficient (Wildman–Crippen LogP) is 4.41. The summed E-state index contributed by atoms with van der Waals surface area (Å²) in [6.45, 7) is 0.642. The van der Waals surface area contributed by atoms with Crippen LogP contribution in [0.5, 0.6) is 0 Å². The smallest absolute Gasteiger partial charge is 0.0715 e. The van der Waals surface area contributed by atoms with E-state index >= 15 is 0 Å². The van der Waals surface area contributed by atoms with Crippen molar-refractivity contribution in [1.29, 1.82) is 0 Å². The molecule has 4 heteroatoms. The van der Waals surface area contributed by atoms with E-state index in [1.807, 2.05) is 0 Å². The van der Waals surface area contributed by atoms with Gasteiger partial charge in [0.1, 0.15) is 0 Å². The van der Waals surface area contributed by atoms with Gasteiger partial charge in [-0.15, -0.1) is 0 Å². The van der Waals surface area contributed by atoms with E-state index in [1.165, 1.54) is 29.3 Å². The van der Waals surface area contributed by atoms with Crippen LogP contribution in [0.3, 0.4) is 0 Å². The Labute approximate surface area is 131 Å². The summed E-state index contributed by atoms with van der Waals surface area (Å²) in [5.41, 5.74) is 1.06. The second kappa shape index (κ2) is 7.10. The molecule has 0 aromatic heterocycles. The molecule has 0 heterocycles. The summed E-state index contributed by atoms with van der Waals surface area (Å²) in [4.78, 5) is 0. The summed E-state index contributed by atoms with van der Waals surface area (Å²) in [5.74, 6) is 0.741. The topological polar surface area (TPSA) is 32.3 Å². The molecule has 1 aliphatic carbocycles. The van der Waals surface area contributed by atoms with Gasteiger partial charge in [-0.25, -0.2) is 0 Å². The molecule has 1 aromatic rings. The molecule has 0 amide bonds. The molecule has 1 aromatic carbocycles. The normalized spacial score (nSPS) is 17.9. The quantitative estimate of drug-likeness (QED) is 0.687. The predicted molar refractivity (Wildman–Crippen MR) is 87.9 cm³/mol. The van der Waals surface area contributed by atoms with Gasteiger partial charge in [-0.1, -0.05) is 25.7 Å². The average Bonchev–Trinajstić information content (AvgIpc) is 2.83. The molecule has 0 spiro atoms. The van der Waals surface area contributed by atoms with Crippen molar-refractivity contribution in [2.45, 2.75) is 38.2 Å². The molecule has 1 fully saturated rings. The number of anilines is 1. The first-order valence-corrected chi connectivity index (χ1v) is 8.39. The van der Waals surface area contributed by atoms with Crippen LogP contribution in [-0.4, -0.2) is 17.8 Å². The minimum absolute atomic E-state index is 0.230. The van der Waals surface area contributed by atoms with Crippen LogP contribution in [0.2, 0.25) is 0 Å². The largest absolute Gasteiger partial charge is 0.391 e. The van der Waals surface area contributed by atoms with Crippen molar-refractivity contribution in [2.24, 2.45) is 5.92 Å². The van der Waals surface area contributed by atoms with E-state index in [0.717, 1.165) is 22.5 Å². The highest BCUT2D eigenvalue weighted by Gasteiger charge is 2.18. The second-order valence-electron chi connectivity index (χ2n) is 5.05. The molecule has 1 saturated carbocycles. The first kappa shape index (κ1) is 14.6. The van der Waals surface area contributed by atoms with E-state index in [-0.39, 0.29) is 6.10 Å². The van der Waals surface area contributed by atoms with E-state index in [4.69, 9.17) is 0 Å². The summed E-state index contributed by atoms with van der Waals surface area (Å²) < 4.78 is 2.29. The third kappa shape index (κ3) is 4.38. The zero-order valence-corrected chi connectivity index (χ0v) is 14.1. The highest BCUT2D eigenvalue weighted by atomic mass is 127. The highest BCUT2D eigenvalue weighted by molar-refractivity contribution is 14.1. The Bertz CT molecular complexity index is 393. The van der Waals surface area contributed by atoms with Gasteiger partial charge in [0.05, 0.1) is 6.10 Å². The van der Waals surface area contributed by atoms with E-state index < -0.39 is 0 Å². The van der Waals surface area contributed by atoms with Crippen molar-refractivity contribution in [3.63, 3.8) is 0 Å². The summed E-state index contributed by atoms with van der Waals surface area (Å²) in [6, 6.07) is 6.18. The summed E-state index contributed by atoms with van der Waals surface area (Å²) in [6.07, 6.45) is 5.99. The maximum Gasteiger partial charge on any atom is 0.0715 e. The van der Waals surface area contributed by atoms with Gasteiger partial charge in [-0.3, -0.25) is 0 Å². The molecule has 0 aliphatic heterocycles. The number of benzene rings is 1. The number of aliphatic hydroxyl groups is 1. The molecule has 0 bridgehead atoms. The molecular weight excluding hydrogens is 405 g/mol. The Morgan fingerprint density at radius 2 is 2.11 bits per heavy atom. The van der Waals surface area contributed by atoms with Crippen LogP contribution >= 0.6 is 38.5 Å². The van der Waals surface area contributed by atoms with Crippen LogP contribution in [0.25, 0.3) is 0 Å². The fourth-order valence-electron chi connectivity index (χ4n) is 2.56. The molecule has 1 unspecified atom stereocenters. The van der Waals surface area contributed by atoms with Gasteiger partial charge in [0.15, 0.2) is 0 Å². The lowest BCUT2D eigenvalue weighted by Gasteiger charge is -2.16. The van der Waals surface area contributed by atoms with Crippen LogP contribution in [0.15, 0.2) is 22.7 Å². The van der Waals surface area contributed by atoms with E-state index in [1.54, 1.807) is 0 Å². The van der Waals surface area contributed by atoms with Crippen LogP contribution in [0.1, 0.15) is 32.1 Å². The number of nitrogens with one attached hydrogen (secondary N) is 1. The van der Waals surface area contributed by atoms with Crippen LogP contribution in [-0.2, 0) is 0 Å². The molecule has 1 aliphatic rings. The standard InChI is InChI=1S/C14H19BrINO/c15-13-8-11(5-6-14(13)16)17-9-12(18)7-10-3-1-2-4-10/h5-6,8,10,12,17-18H,1-4,7,9H2. The SMILES string of the molecule is OC(CNc1ccc(I)c(Br)c1)CC1CCCC1. The summed E-state index contributed by atoms with van der Waals surface area (Å²) in [5, 5.41) is 13.3. The Hall–Kier alpha value is 0.190. The third-order valence-electron chi connectivity index (χ3n) is 3.54. The number of rotatable bonds is 5. The lowest BCUT2D eigenvalue weighted by molar-refractivity contribution is 0.155. The minimum atomic E-state index is -0.230. The number of halogens is 2. The van der Waals surface area contributed by atoms with Gasteiger partial charge in [0.2, 0.25) is 0 Å². The molecule has 0 saturated heterocycles. The highest BCUT2D eigenvalue weighted by Crippen LogP contribution is 2.28. The van der Waals surface area contributed by atoms with E-state index in [0.29, 0.717) is 6.54 Å². The van der Waals surface area contributed by atoms with Gasteiger partial charge in [0, 0.05) is 20.3 Å². The molecule has 2 nitrogen and oxygen atoms in total. The number of hydrogen-bond donors (Lipinski definition) is 2. The molecular formula is C14H19BrINO. The van der Waals surface area contributed by atoms with Crippen molar-refractivity contribution >= 4 is 44.2 Å². The second-order valence-corrected chi connectivity index (χ2v) is 7.07. The van der Waals surface area contributed by atoms with Gasteiger partial charge in [-0.05, 0) is 69.1 Å². The molecule has 2 N–H and O–H groups in total. The van der Waals surface area contributed by atoms with Crippen molar-refractivity contribution < 1.29 is 5.11 Å². The third-order valence-corrected chi connectivity index (χ3v) is 5.88. The maximum absolute atomic E-state index is 10.0. The average molecular weight is 424 g/mol. The van der Waals surface area contributed by atoms with Crippen LogP contribution in [0, 0.1) is 9.49 Å². The Morgan fingerprint density at radius 3 is 2.78 bits per heavy atom. The lowest BCUT2D eigenvalue weighted by atomic mass is 10.00. The molecule has 100 valence electrons.